The van der Waals surface area contributed by atoms with Crippen LogP contribution in [-0.4, -0.2) is 28.0 Å². The second-order valence-electron chi connectivity index (χ2n) is 6.77. The average molecular weight is 420 g/mol. The van der Waals surface area contributed by atoms with Gasteiger partial charge in [-0.15, -0.1) is 11.3 Å². The van der Waals surface area contributed by atoms with Gasteiger partial charge in [-0.1, -0.05) is 57.8 Å². The van der Waals surface area contributed by atoms with Crippen LogP contribution >= 0.6 is 22.9 Å². The molecule has 2 heterocycles. The Kier molecular flexibility index (Phi) is 9.16. The summed E-state index contributed by atoms with van der Waals surface area (Å²) in [7, 11) is 0. The van der Waals surface area contributed by atoms with E-state index in [1.807, 2.05) is 37.4 Å². The number of rotatable bonds is 8. The number of hydrogen-bond acceptors (Lipinski definition) is 4. The summed E-state index contributed by atoms with van der Waals surface area (Å²) in [6.07, 6.45) is 2.07. The number of thiophene rings is 1. The Morgan fingerprint density at radius 2 is 1.93 bits per heavy atom. The van der Waals surface area contributed by atoms with Crippen LogP contribution in [-0.2, 0) is 13.0 Å². The number of aromatic nitrogens is 2. The number of H-pyrrole nitrogens is 1. The summed E-state index contributed by atoms with van der Waals surface area (Å²) < 4.78 is 0.698. The molecule has 0 aliphatic carbocycles. The predicted molar refractivity (Wildman–Crippen MR) is 121 cm³/mol. The number of halogens is 1. The highest BCUT2D eigenvalue weighted by atomic mass is 35.5. The Bertz CT molecular complexity index is 904. The van der Waals surface area contributed by atoms with Crippen molar-refractivity contribution in [2.45, 2.75) is 47.1 Å². The molecule has 1 atom stereocenters. The molecule has 3 aromatic rings. The maximum absolute atomic E-state index is 12.2. The van der Waals surface area contributed by atoms with Crippen LogP contribution in [0.4, 0.5) is 0 Å². The number of fused-ring (bicyclic) bond motifs is 1. The molecular weight excluding hydrogens is 390 g/mol. The molecule has 0 saturated heterocycles. The summed E-state index contributed by atoms with van der Waals surface area (Å²) in [5.41, 5.74) is 2.01. The maximum atomic E-state index is 12.2. The van der Waals surface area contributed by atoms with Gasteiger partial charge in [-0.25, -0.2) is 4.98 Å². The van der Waals surface area contributed by atoms with E-state index in [1.54, 1.807) is 0 Å². The average Bonchev–Trinajstić information content (AvgIpc) is 3.18. The van der Waals surface area contributed by atoms with E-state index in [-0.39, 0.29) is 5.56 Å². The van der Waals surface area contributed by atoms with E-state index in [1.165, 1.54) is 16.9 Å². The Labute approximate surface area is 176 Å². The second kappa shape index (κ2) is 11.3. The quantitative estimate of drug-likeness (QED) is 0.505. The van der Waals surface area contributed by atoms with Crippen molar-refractivity contribution in [3.8, 4) is 0 Å². The van der Waals surface area contributed by atoms with Gasteiger partial charge >= 0.3 is 0 Å². The molecule has 0 aliphatic heterocycles. The van der Waals surface area contributed by atoms with Gasteiger partial charge in [0.25, 0.3) is 5.56 Å². The summed E-state index contributed by atoms with van der Waals surface area (Å²) >= 11 is 7.40. The van der Waals surface area contributed by atoms with E-state index in [2.05, 4.69) is 40.8 Å². The first-order valence-corrected chi connectivity index (χ1v) is 11.2. The van der Waals surface area contributed by atoms with Crippen LogP contribution in [0.25, 0.3) is 10.2 Å². The molecule has 3 rings (SSSR count). The first-order chi connectivity index (χ1) is 13.5. The summed E-state index contributed by atoms with van der Waals surface area (Å²) in [6, 6.07) is 9.91. The monoisotopic (exact) mass is 419 g/mol. The molecule has 0 amide bonds. The Morgan fingerprint density at radius 1 is 1.21 bits per heavy atom. The van der Waals surface area contributed by atoms with E-state index in [0.29, 0.717) is 17.2 Å². The van der Waals surface area contributed by atoms with E-state index < -0.39 is 0 Å². The van der Waals surface area contributed by atoms with Gasteiger partial charge in [0.05, 0.1) is 12.1 Å². The first-order valence-electron chi connectivity index (χ1n) is 9.98. The highest BCUT2D eigenvalue weighted by molar-refractivity contribution is 7.17. The fraction of sp³-hybridized carbons (Fsp3) is 0.455. The molecule has 152 valence electrons. The molecule has 2 aromatic heterocycles. The third-order valence-corrected chi connectivity index (χ3v) is 5.79. The van der Waals surface area contributed by atoms with Crippen molar-refractivity contribution in [1.29, 1.82) is 0 Å². The van der Waals surface area contributed by atoms with Crippen molar-refractivity contribution in [3.05, 3.63) is 62.5 Å². The molecule has 0 aliphatic rings. The normalized spacial score (nSPS) is 12.1. The zero-order chi connectivity index (χ0) is 20.5. The minimum atomic E-state index is -0.0406. The summed E-state index contributed by atoms with van der Waals surface area (Å²) in [5.74, 6) is 1.33. The lowest BCUT2D eigenvalue weighted by Gasteiger charge is -2.25. The van der Waals surface area contributed by atoms with Gasteiger partial charge < -0.3 is 4.98 Å². The molecule has 4 nitrogen and oxygen atoms in total. The smallest absolute Gasteiger partial charge is 0.268 e. The minimum absolute atomic E-state index is 0.0406. The van der Waals surface area contributed by atoms with Gasteiger partial charge in [-0.05, 0) is 41.5 Å². The molecule has 1 aromatic carbocycles. The third-order valence-electron chi connectivity index (χ3n) is 4.63. The molecule has 1 N–H and O–H groups in total. The van der Waals surface area contributed by atoms with E-state index in [0.717, 1.165) is 42.3 Å². The zero-order valence-electron chi connectivity index (χ0n) is 17.2. The number of nitrogens with one attached hydrogen (secondary N) is 1. The molecule has 0 spiro atoms. The molecule has 0 bridgehead atoms. The van der Waals surface area contributed by atoms with E-state index in [4.69, 9.17) is 11.6 Å². The number of nitrogens with zero attached hydrogens (tertiary/aromatic N) is 2. The first kappa shape index (κ1) is 22.6. The lowest BCUT2D eigenvalue weighted by atomic mass is 10.1. The second-order valence-corrected chi connectivity index (χ2v) is 8.13. The van der Waals surface area contributed by atoms with Gasteiger partial charge in [0.1, 0.15) is 10.5 Å². The summed E-state index contributed by atoms with van der Waals surface area (Å²) in [5, 5.41) is 2.67. The predicted octanol–water partition coefficient (Wildman–Crippen LogP) is 5.76. The lowest BCUT2D eigenvalue weighted by molar-refractivity contribution is 0.224. The van der Waals surface area contributed by atoms with Crippen molar-refractivity contribution in [2.75, 3.05) is 13.1 Å². The topological polar surface area (TPSA) is 49.0 Å². The Balaban J connectivity index is 0.00000136. The van der Waals surface area contributed by atoms with Crippen molar-refractivity contribution < 1.29 is 0 Å². The van der Waals surface area contributed by atoms with Gasteiger partial charge in [-0.2, -0.15) is 0 Å². The molecule has 0 radical (unpaired) electrons. The van der Waals surface area contributed by atoms with E-state index >= 15 is 0 Å². The van der Waals surface area contributed by atoms with Crippen molar-refractivity contribution in [1.82, 2.24) is 14.9 Å². The third kappa shape index (κ3) is 6.43. The van der Waals surface area contributed by atoms with Gasteiger partial charge in [-0.3, -0.25) is 9.69 Å². The fourth-order valence-electron chi connectivity index (χ4n) is 2.95. The van der Waals surface area contributed by atoms with Gasteiger partial charge in [0.2, 0.25) is 0 Å². The summed E-state index contributed by atoms with van der Waals surface area (Å²) in [6.45, 7) is 11.0. The summed E-state index contributed by atoms with van der Waals surface area (Å²) in [4.78, 5) is 22.2. The van der Waals surface area contributed by atoms with Crippen molar-refractivity contribution in [3.63, 3.8) is 0 Å². The number of hydrogen-bond donors (Lipinski definition) is 1. The van der Waals surface area contributed by atoms with Crippen LogP contribution in [0.5, 0.6) is 0 Å². The van der Waals surface area contributed by atoms with Crippen LogP contribution < -0.4 is 5.56 Å². The fourth-order valence-corrected chi connectivity index (χ4v) is 3.80. The largest absolute Gasteiger partial charge is 0.308 e. The lowest BCUT2D eigenvalue weighted by Crippen LogP contribution is -2.31. The van der Waals surface area contributed by atoms with Crippen molar-refractivity contribution in [2.24, 2.45) is 5.92 Å². The molecule has 0 saturated carbocycles. The molecule has 1 unspecified atom stereocenters. The van der Waals surface area contributed by atoms with Crippen LogP contribution in [0.2, 0.25) is 5.02 Å². The van der Waals surface area contributed by atoms with Crippen LogP contribution in [0.3, 0.4) is 0 Å². The van der Waals surface area contributed by atoms with Crippen molar-refractivity contribution >= 4 is 33.2 Å². The van der Waals surface area contributed by atoms with Gasteiger partial charge in [0, 0.05) is 18.1 Å². The van der Waals surface area contributed by atoms with Crippen LogP contribution in [0, 0.1) is 5.92 Å². The van der Waals surface area contributed by atoms with E-state index in [9.17, 15) is 4.79 Å². The highest BCUT2D eigenvalue weighted by Gasteiger charge is 2.13. The minimum Gasteiger partial charge on any atom is -0.308 e. The molecule has 0 fully saturated rings. The van der Waals surface area contributed by atoms with Crippen LogP contribution in [0.15, 0.2) is 40.5 Å². The zero-order valence-corrected chi connectivity index (χ0v) is 18.7. The SMILES string of the molecule is CC.CCC(C)CN(CCc1ccc(Cl)cc1)Cc1nc2ccsc2c(=O)[nH]1. The standard InChI is InChI=1S/C20H24ClN3OS.C2H6/c1-3-14(2)12-24(10-8-15-4-6-16(21)7-5-15)13-18-22-17-9-11-26-19(17)20(25)23-18;1-2/h4-7,9,11,14H,3,8,10,12-13H2,1-2H3,(H,22,23,25);1-2H3. The Morgan fingerprint density at radius 3 is 2.61 bits per heavy atom. The van der Waals surface area contributed by atoms with Crippen LogP contribution in [0.1, 0.15) is 45.5 Å². The van der Waals surface area contributed by atoms with Gasteiger partial charge in [0.15, 0.2) is 0 Å². The maximum Gasteiger partial charge on any atom is 0.268 e. The molecular formula is C22H30ClN3OS. The molecule has 28 heavy (non-hydrogen) atoms. The Hall–Kier alpha value is -1.69. The highest BCUT2D eigenvalue weighted by Crippen LogP contribution is 2.16. The molecule has 6 heteroatoms. The number of benzene rings is 1. The number of aromatic amines is 1.